The molecule has 1 aromatic rings. The molecule has 3 aliphatic heterocycles. The van der Waals surface area contributed by atoms with Gasteiger partial charge in [0, 0.05) is 38.6 Å². The summed E-state index contributed by atoms with van der Waals surface area (Å²) in [7, 11) is 0. The number of aliphatic carboxylic acids is 1. The summed E-state index contributed by atoms with van der Waals surface area (Å²) < 4.78 is 43.1. The lowest BCUT2D eigenvalue weighted by atomic mass is 10.1. The average molecular weight is 455 g/mol. The predicted octanol–water partition coefficient (Wildman–Crippen LogP) is 1.78. The van der Waals surface area contributed by atoms with Crippen molar-refractivity contribution in [1.29, 1.82) is 5.26 Å². The van der Waals surface area contributed by atoms with E-state index in [1.54, 1.807) is 0 Å². The number of hydrogen-bond donors (Lipinski definition) is 1. The van der Waals surface area contributed by atoms with Gasteiger partial charge in [0.1, 0.15) is 6.10 Å². The lowest BCUT2D eigenvalue weighted by molar-refractivity contribution is -0.192. The van der Waals surface area contributed by atoms with E-state index in [2.05, 4.69) is 17.0 Å². The Morgan fingerprint density at radius 2 is 1.91 bits per heavy atom. The van der Waals surface area contributed by atoms with Crippen LogP contribution in [0.5, 0.6) is 0 Å². The van der Waals surface area contributed by atoms with Crippen LogP contribution in [-0.2, 0) is 25.6 Å². The van der Waals surface area contributed by atoms with Crippen LogP contribution in [0.2, 0.25) is 0 Å². The summed E-state index contributed by atoms with van der Waals surface area (Å²) in [5, 5.41) is 16.2. The molecule has 32 heavy (non-hydrogen) atoms. The van der Waals surface area contributed by atoms with Crippen LogP contribution in [0, 0.1) is 11.3 Å². The van der Waals surface area contributed by atoms with E-state index < -0.39 is 12.1 Å². The topological polar surface area (TPSA) is 103 Å². The van der Waals surface area contributed by atoms with Crippen LogP contribution >= 0.6 is 0 Å². The summed E-state index contributed by atoms with van der Waals surface area (Å²) >= 11 is 0. The van der Waals surface area contributed by atoms with E-state index in [0.29, 0.717) is 37.9 Å². The first-order chi connectivity index (χ1) is 15.2. The van der Waals surface area contributed by atoms with Crippen LogP contribution in [0.4, 0.5) is 13.2 Å². The number of benzene rings is 1. The van der Waals surface area contributed by atoms with E-state index >= 15 is 0 Å². The largest absolute Gasteiger partial charge is 0.490 e. The molecule has 4 rings (SSSR count). The number of ether oxygens (including phenoxy) is 2. The highest BCUT2D eigenvalue weighted by Crippen LogP contribution is 2.34. The van der Waals surface area contributed by atoms with Gasteiger partial charge in [0.15, 0.2) is 0 Å². The van der Waals surface area contributed by atoms with Crippen molar-refractivity contribution >= 4 is 11.9 Å². The summed E-state index contributed by atoms with van der Waals surface area (Å²) in [6.07, 6.45) is -3.52. The average Bonchev–Trinajstić information content (AvgIpc) is 3.36. The molecule has 0 saturated carbocycles. The van der Waals surface area contributed by atoms with Crippen LogP contribution in [0.3, 0.4) is 0 Å². The van der Waals surface area contributed by atoms with E-state index in [1.165, 1.54) is 0 Å². The molecule has 0 spiro atoms. The normalized spacial score (nSPS) is 25.4. The van der Waals surface area contributed by atoms with E-state index in [1.807, 2.05) is 23.1 Å². The number of carbonyl (C=O) groups excluding carboxylic acids is 1. The number of halogens is 3. The van der Waals surface area contributed by atoms with Crippen LogP contribution in [-0.4, -0.2) is 84.1 Å². The standard InChI is InChI=1S/C19H23N3O3.C2HF3O2/c20-12-14-2-1-3-15(10-14)13-22-5-4-17-16(22)11-18(25-17)19(23)21-6-8-24-9-7-21;3-2(4,5)1(6)7/h1-3,10,16-18H,4-9,11,13H2;(H,6,7)/t16-,17-,18-;/m0./s1. The van der Waals surface area contributed by atoms with Crippen molar-refractivity contribution in [1.82, 2.24) is 9.80 Å². The van der Waals surface area contributed by atoms with Crippen LogP contribution in [0.1, 0.15) is 24.0 Å². The highest BCUT2D eigenvalue weighted by Gasteiger charge is 2.46. The van der Waals surface area contributed by atoms with Gasteiger partial charge in [-0.05, 0) is 24.1 Å². The summed E-state index contributed by atoms with van der Waals surface area (Å²) in [5.41, 5.74) is 1.83. The molecule has 1 aromatic carbocycles. The molecule has 3 atom stereocenters. The highest BCUT2D eigenvalue weighted by atomic mass is 19.4. The number of morpholine rings is 1. The number of nitrogens with zero attached hydrogens (tertiary/aromatic N) is 3. The maximum atomic E-state index is 12.7. The molecule has 174 valence electrons. The van der Waals surface area contributed by atoms with Crippen molar-refractivity contribution in [3.63, 3.8) is 0 Å². The highest BCUT2D eigenvalue weighted by molar-refractivity contribution is 5.81. The number of fused-ring (bicyclic) bond motifs is 1. The molecule has 0 unspecified atom stereocenters. The van der Waals surface area contributed by atoms with Crippen molar-refractivity contribution in [2.24, 2.45) is 0 Å². The molecular formula is C21H24F3N3O5. The Hall–Kier alpha value is -2.68. The molecule has 8 nitrogen and oxygen atoms in total. The second kappa shape index (κ2) is 10.3. The molecule has 0 radical (unpaired) electrons. The summed E-state index contributed by atoms with van der Waals surface area (Å²) in [5.74, 6) is -2.64. The maximum absolute atomic E-state index is 12.7. The lowest BCUT2D eigenvalue weighted by Gasteiger charge is -2.29. The van der Waals surface area contributed by atoms with Gasteiger partial charge >= 0.3 is 12.1 Å². The molecule has 1 N–H and O–H groups in total. The Balaban J connectivity index is 0.000000360. The smallest absolute Gasteiger partial charge is 0.475 e. The quantitative estimate of drug-likeness (QED) is 0.741. The summed E-state index contributed by atoms with van der Waals surface area (Å²) in [6, 6.07) is 10.2. The minimum Gasteiger partial charge on any atom is -0.475 e. The number of hydrogen-bond acceptors (Lipinski definition) is 6. The van der Waals surface area contributed by atoms with E-state index in [-0.39, 0.29) is 18.1 Å². The molecule has 3 saturated heterocycles. The molecule has 1 amide bonds. The Morgan fingerprint density at radius 3 is 2.53 bits per heavy atom. The number of likely N-dealkylation sites (tertiary alicyclic amines) is 1. The number of alkyl halides is 3. The molecule has 0 bridgehead atoms. The van der Waals surface area contributed by atoms with Gasteiger partial charge in [-0.1, -0.05) is 12.1 Å². The number of nitriles is 1. The number of rotatable bonds is 3. The molecule has 3 heterocycles. The van der Waals surface area contributed by atoms with Gasteiger partial charge in [-0.2, -0.15) is 18.4 Å². The molecule has 3 fully saturated rings. The SMILES string of the molecule is N#Cc1cccc(CN2CC[C@@H]3O[C@H](C(=O)N4CCOCC4)C[C@@H]32)c1.O=C(O)C(F)(F)F. The number of carboxylic acids is 1. The monoisotopic (exact) mass is 455 g/mol. The fourth-order valence-corrected chi connectivity index (χ4v) is 4.15. The minimum atomic E-state index is -5.08. The first-order valence-electron chi connectivity index (χ1n) is 10.2. The van der Waals surface area contributed by atoms with Crippen LogP contribution in [0.15, 0.2) is 24.3 Å². The molecule has 0 aromatic heterocycles. The van der Waals surface area contributed by atoms with E-state index in [9.17, 15) is 18.0 Å². The summed E-state index contributed by atoms with van der Waals surface area (Å²) in [4.78, 5) is 25.8. The number of amides is 1. The van der Waals surface area contributed by atoms with Gasteiger partial charge in [0.2, 0.25) is 0 Å². The van der Waals surface area contributed by atoms with Crippen molar-refractivity contribution in [2.45, 2.75) is 43.8 Å². The first kappa shape index (κ1) is 24.0. The third kappa shape index (κ3) is 5.97. The molecule has 3 aliphatic rings. The summed E-state index contributed by atoms with van der Waals surface area (Å²) in [6.45, 7) is 4.35. The fourth-order valence-electron chi connectivity index (χ4n) is 4.15. The Bertz CT molecular complexity index is 867. The second-order valence-electron chi connectivity index (χ2n) is 7.78. The third-order valence-corrected chi connectivity index (χ3v) is 5.68. The van der Waals surface area contributed by atoms with Gasteiger partial charge in [0.05, 0.1) is 31.0 Å². The zero-order chi connectivity index (χ0) is 23.3. The predicted molar refractivity (Wildman–Crippen MR) is 104 cm³/mol. The third-order valence-electron chi connectivity index (χ3n) is 5.68. The van der Waals surface area contributed by atoms with Gasteiger partial charge < -0.3 is 19.5 Å². The molecule has 11 heteroatoms. The Morgan fingerprint density at radius 1 is 1.22 bits per heavy atom. The minimum absolute atomic E-state index is 0.115. The number of carboxylic acid groups (broad SMARTS) is 1. The molecular weight excluding hydrogens is 431 g/mol. The zero-order valence-electron chi connectivity index (χ0n) is 17.3. The van der Waals surface area contributed by atoms with E-state index in [0.717, 1.165) is 31.5 Å². The molecule has 0 aliphatic carbocycles. The van der Waals surface area contributed by atoms with Crippen molar-refractivity contribution in [3.05, 3.63) is 35.4 Å². The van der Waals surface area contributed by atoms with Crippen LogP contribution < -0.4 is 0 Å². The maximum Gasteiger partial charge on any atom is 0.490 e. The lowest BCUT2D eigenvalue weighted by Crippen LogP contribution is -2.46. The van der Waals surface area contributed by atoms with Gasteiger partial charge in [-0.3, -0.25) is 9.69 Å². The first-order valence-corrected chi connectivity index (χ1v) is 10.2. The van der Waals surface area contributed by atoms with Gasteiger partial charge in [0.25, 0.3) is 5.91 Å². The Kier molecular flexibility index (Phi) is 7.71. The van der Waals surface area contributed by atoms with Crippen molar-refractivity contribution in [3.8, 4) is 6.07 Å². The Labute approximate surface area is 183 Å². The second-order valence-corrected chi connectivity index (χ2v) is 7.78. The van der Waals surface area contributed by atoms with E-state index in [4.69, 9.17) is 24.6 Å². The number of carbonyl (C=O) groups is 2. The fraction of sp³-hybridized carbons (Fsp3) is 0.571. The van der Waals surface area contributed by atoms with Crippen molar-refractivity contribution in [2.75, 3.05) is 32.8 Å². The van der Waals surface area contributed by atoms with Gasteiger partial charge in [-0.25, -0.2) is 4.79 Å². The van der Waals surface area contributed by atoms with Crippen molar-refractivity contribution < 1.29 is 37.3 Å². The van der Waals surface area contributed by atoms with Gasteiger partial charge in [-0.15, -0.1) is 0 Å². The van der Waals surface area contributed by atoms with Crippen LogP contribution in [0.25, 0.3) is 0 Å². The zero-order valence-corrected chi connectivity index (χ0v) is 17.3.